The summed E-state index contributed by atoms with van der Waals surface area (Å²) in [5.74, 6) is -0.278. The topological polar surface area (TPSA) is 66.5 Å². The van der Waals surface area contributed by atoms with E-state index in [0.29, 0.717) is 6.29 Å². The summed E-state index contributed by atoms with van der Waals surface area (Å²) in [5.41, 5.74) is -0.833. The van der Waals surface area contributed by atoms with Crippen LogP contribution in [0.25, 0.3) is 0 Å². The molecule has 0 aromatic heterocycles. The Morgan fingerprint density at radius 2 is 2.08 bits per heavy atom. The fraction of sp³-hybridized carbons (Fsp3) is 0.625. The first-order chi connectivity index (χ1) is 5.99. The number of carbonyl (C=O) groups is 3. The molecule has 1 aliphatic heterocycles. The van der Waals surface area contributed by atoms with Gasteiger partial charge in [-0.2, -0.15) is 0 Å². The lowest BCUT2D eigenvalue weighted by atomic mass is 10.1. The van der Waals surface area contributed by atoms with Crippen molar-refractivity contribution in [3.63, 3.8) is 0 Å². The molecule has 0 saturated carbocycles. The normalized spacial score (nSPS) is 20.3. The molecule has 1 N–H and O–H groups in total. The van der Waals surface area contributed by atoms with Crippen LogP contribution in [0.2, 0.25) is 0 Å². The Balaban J connectivity index is 2.71. The largest absolute Gasteiger partial charge is 0.325 e. The molecule has 0 bridgehead atoms. The van der Waals surface area contributed by atoms with Crippen molar-refractivity contribution in [1.82, 2.24) is 10.2 Å². The van der Waals surface area contributed by atoms with Gasteiger partial charge in [0, 0.05) is 13.0 Å². The minimum absolute atomic E-state index is 0.164. The Labute approximate surface area is 76.1 Å². The molecule has 0 aliphatic carbocycles. The van der Waals surface area contributed by atoms with Gasteiger partial charge in [-0.15, -0.1) is 0 Å². The molecule has 1 rings (SSSR count). The predicted octanol–water partition coefficient (Wildman–Crippen LogP) is -0.0942. The van der Waals surface area contributed by atoms with Crippen molar-refractivity contribution in [2.24, 2.45) is 0 Å². The number of hydrogen-bond donors (Lipinski definition) is 1. The number of nitrogens with zero attached hydrogens (tertiary/aromatic N) is 1. The van der Waals surface area contributed by atoms with E-state index < -0.39 is 11.6 Å². The molecule has 1 aliphatic rings. The van der Waals surface area contributed by atoms with Gasteiger partial charge in [0.15, 0.2) is 0 Å². The molecule has 1 fully saturated rings. The number of imide groups is 1. The molecule has 0 radical (unpaired) electrons. The van der Waals surface area contributed by atoms with E-state index in [9.17, 15) is 14.4 Å². The summed E-state index contributed by atoms with van der Waals surface area (Å²) in [4.78, 5) is 33.8. The first-order valence-corrected chi connectivity index (χ1v) is 4.07. The quantitative estimate of drug-likeness (QED) is 0.492. The predicted molar refractivity (Wildman–Crippen MR) is 45.0 cm³/mol. The number of amides is 3. The lowest BCUT2D eigenvalue weighted by Gasteiger charge is -2.14. The van der Waals surface area contributed by atoms with Crippen LogP contribution in [-0.4, -0.2) is 35.2 Å². The van der Waals surface area contributed by atoms with Crippen molar-refractivity contribution >= 4 is 18.2 Å². The van der Waals surface area contributed by atoms with Crippen molar-refractivity contribution in [3.05, 3.63) is 0 Å². The molecule has 1 saturated heterocycles. The zero-order chi connectivity index (χ0) is 10.1. The second kappa shape index (κ2) is 3.16. The summed E-state index contributed by atoms with van der Waals surface area (Å²) in [6.07, 6.45) is 0.876. The Hall–Kier alpha value is -1.39. The van der Waals surface area contributed by atoms with Gasteiger partial charge in [-0.3, -0.25) is 9.69 Å². The number of aldehydes is 1. The maximum Gasteiger partial charge on any atom is 0.325 e. The number of nitrogens with one attached hydrogen (secondary N) is 1. The highest BCUT2D eigenvalue weighted by Crippen LogP contribution is 2.16. The van der Waals surface area contributed by atoms with Crippen LogP contribution >= 0.6 is 0 Å². The smallest absolute Gasteiger partial charge is 0.324 e. The van der Waals surface area contributed by atoms with Gasteiger partial charge in [0.05, 0.1) is 0 Å². The zero-order valence-electron chi connectivity index (χ0n) is 7.66. The summed E-state index contributed by atoms with van der Waals surface area (Å²) in [6.45, 7) is 3.43. The molecule has 0 aromatic rings. The molecule has 0 unspecified atom stereocenters. The maximum atomic E-state index is 11.5. The van der Waals surface area contributed by atoms with Crippen LogP contribution in [0.4, 0.5) is 4.79 Å². The van der Waals surface area contributed by atoms with Gasteiger partial charge in [-0.05, 0) is 13.8 Å². The summed E-state index contributed by atoms with van der Waals surface area (Å²) in [6, 6.07) is -0.420. The van der Waals surface area contributed by atoms with Crippen molar-refractivity contribution in [2.45, 2.75) is 25.8 Å². The monoisotopic (exact) mass is 184 g/mol. The fourth-order valence-electron chi connectivity index (χ4n) is 1.20. The SMILES string of the molecule is CC1(C)NC(=O)N(CCC=O)C1=O. The fourth-order valence-corrected chi connectivity index (χ4v) is 1.20. The molecule has 72 valence electrons. The molecule has 5 heteroatoms. The van der Waals surface area contributed by atoms with E-state index in [1.54, 1.807) is 13.8 Å². The van der Waals surface area contributed by atoms with E-state index in [0.717, 1.165) is 4.90 Å². The van der Waals surface area contributed by atoms with E-state index in [1.807, 2.05) is 0 Å². The van der Waals surface area contributed by atoms with Gasteiger partial charge < -0.3 is 10.1 Å². The highest BCUT2D eigenvalue weighted by Gasteiger charge is 2.43. The van der Waals surface area contributed by atoms with Crippen molar-refractivity contribution in [1.29, 1.82) is 0 Å². The van der Waals surface area contributed by atoms with Crippen molar-refractivity contribution in [2.75, 3.05) is 6.54 Å². The highest BCUT2D eigenvalue weighted by molar-refractivity contribution is 6.06. The highest BCUT2D eigenvalue weighted by atomic mass is 16.2. The molecule has 3 amide bonds. The number of carbonyl (C=O) groups excluding carboxylic acids is 3. The van der Waals surface area contributed by atoms with Crippen LogP contribution in [0, 0.1) is 0 Å². The lowest BCUT2D eigenvalue weighted by molar-refractivity contribution is -0.130. The maximum absolute atomic E-state index is 11.5. The third-order valence-corrected chi connectivity index (χ3v) is 1.91. The minimum Gasteiger partial charge on any atom is -0.324 e. The van der Waals surface area contributed by atoms with Gasteiger partial charge in [0.2, 0.25) is 0 Å². The average molecular weight is 184 g/mol. The zero-order valence-corrected chi connectivity index (χ0v) is 7.66. The summed E-state index contributed by atoms with van der Waals surface area (Å²) in [7, 11) is 0. The van der Waals surface area contributed by atoms with Crippen molar-refractivity contribution < 1.29 is 14.4 Å². The molecule has 13 heavy (non-hydrogen) atoms. The van der Waals surface area contributed by atoms with Crippen LogP contribution in [0.15, 0.2) is 0 Å². The Kier molecular flexibility index (Phi) is 2.36. The van der Waals surface area contributed by atoms with Gasteiger partial charge in [0.1, 0.15) is 11.8 Å². The van der Waals surface area contributed by atoms with Crippen LogP contribution in [-0.2, 0) is 9.59 Å². The van der Waals surface area contributed by atoms with E-state index in [1.165, 1.54) is 0 Å². The summed E-state index contributed by atoms with van der Waals surface area (Å²) in [5, 5.41) is 2.52. The van der Waals surface area contributed by atoms with Gasteiger partial charge in [-0.1, -0.05) is 0 Å². The molecule has 0 spiro atoms. The molecule has 0 aromatic carbocycles. The number of urea groups is 1. The number of hydrogen-bond acceptors (Lipinski definition) is 3. The number of rotatable bonds is 3. The molecule has 1 heterocycles. The molecular formula is C8H12N2O3. The van der Waals surface area contributed by atoms with Crippen LogP contribution < -0.4 is 5.32 Å². The Morgan fingerprint density at radius 1 is 1.46 bits per heavy atom. The first kappa shape index (κ1) is 9.70. The summed E-state index contributed by atoms with van der Waals surface area (Å²) >= 11 is 0. The van der Waals surface area contributed by atoms with Gasteiger partial charge in [-0.25, -0.2) is 4.79 Å². The van der Waals surface area contributed by atoms with E-state index in [-0.39, 0.29) is 18.9 Å². The minimum atomic E-state index is -0.833. The van der Waals surface area contributed by atoms with Crippen LogP contribution in [0.1, 0.15) is 20.3 Å². The Bertz CT molecular complexity index is 260. The molecular weight excluding hydrogens is 172 g/mol. The van der Waals surface area contributed by atoms with E-state index in [2.05, 4.69) is 5.32 Å². The van der Waals surface area contributed by atoms with E-state index >= 15 is 0 Å². The average Bonchev–Trinajstić information content (AvgIpc) is 2.21. The van der Waals surface area contributed by atoms with Crippen LogP contribution in [0.3, 0.4) is 0 Å². The standard InChI is InChI=1S/C8H12N2O3/c1-8(2)6(12)10(4-3-5-11)7(13)9-8/h5H,3-4H2,1-2H3,(H,9,13). The van der Waals surface area contributed by atoms with Gasteiger partial charge >= 0.3 is 6.03 Å². The van der Waals surface area contributed by atoms with Gasteiger partial charge in [0.25, 0.3) is 5.91 Å². The van der Waals surface area contributed by atoms with Crippen molar-refractivity contribution in [3.8, 4) is 0 Å². The first-order valence-electron chi connectivity index (χ1n) is 4.07. The lowest BCUT2D eigenvalue weighted by Crippen LogP contribution is -2.40. The second-order valence-corrected chi connectivity index (χ2v) is 3.47. The van der Waals surface area contributed by atoms with Crippen LogP contribution in [0.5, 0.6) is 0 Å². The molecule has 0 atom stereocenters. The second-order valence-electron chi connectivity index (χ2n) is 3.47. The summed E-state index contributed by atoms with van der Waals surface area (Å²) < 4.78 is 0. The third-order valence-electron chi connectivity index (χ3n) is 1.91. The van der Waals surface area contributed by atoms with E-state index in [4.69, 9.17) is 0 Å². The Morgan fingerprint density at radius 3 is 2.46 bits per heavy atom. The molecule has 5 nitrogen and oxygen atoms in total. The third kappa shape index (κ3) is 1.68.